The predicted molar refractivity (Wildman–Crippen MR) is 119 cm³/mol. The van der Waals surface area contributed by atoms with Crippen molar-refractivity contribution in [2.45, 2.75) is 39.3 Å². The Morgan fingerprint density at radius 2 is 1.70 bits per heavy atom. The molecule has 0 fully saturated rings. The quantitative estimate of drug-likeness (QED) is 0.628. The summed E-state index contributed by atoms with van der Waals surface area (Å²) >= 11 is 0. The van der Waals surface area contributed by atoms with Crippen molar-refractivity contribution in [3.63, 3.8) is 0 Å². The van der Waals surface area contributed by atoms with Gasteiger partial charge in [0.1, 0.15) is 0 Å². The van der Waals surface area contributed by atoms with E-state index in [0.29, 0.717) is 12.0 Å². The number of rotatable bonds is 3. The number of anilines is 2. The topological polar surface area (TPSA) is 53.5 Å². The molecule has 0 N–H and O–H groups in total. The van der Waals surface area contributed by atoms with Crippen LogP contribution in [0, 0.1) is 6.92 Å². The van der Waals surface area contributed by atoms with Gasteiger partial charge in [-0.15, -0.1) is 0 Å². The van der Waals surface area contributed by atoms with Crippen LogP contribution in [0.1, 0.15) is 47.9 Å². The molecule has 2 aromatic carbocycles. The second-order valence-corrected chi connectivity index (χ2v) is 7.75. The third kappa shape index (κ3) is 3.59. The van der Waals surface area contributed by atoms with Gasteiger partial charge in [0.05, 0.1) is 11.6 Å². The lowest BCUT2D eigenvalue weighted by Crippen LogP contribution is -2.47. The maximum Gasteiger partial charge on any atom is 0.260 e. The maximum absolute atomic E-state index is 13.4. The Labute approximate surface area is 177 Å². The van der Waals surface area contributed by atoms with E-state index in [9.17, 15) is 9.59 Å². The summed E-state index contributed by atoms with van der Waals surface area (Å²) < 4.78 is 0. The molecular weight excluding hydrogens is 374 g/mol. The molecule has 30 heavy (non-hydrogen) atoms. The standard InChI is InChI=1S/C25H25N3O2/c1-17-13-14-20(16-26-17)25(30)27-18(2)15-24(22-11-7-8-12-23(22)27)28(19(3)29)21-9-5-4-6-10-21/h4-14,16,18,24H,15H2,1-3H3/t18-,24+/m0/s1. The van der Waals surface area contributed by atoms with E-state index in [1.807, 2.05) is 90.4 Å². The third-order valence-corrected chi connectivity index (χ3v) is 5.62. The van der Waals surface area contributed by atoms with Gasteiger partial charge in [-0.05, 0) is 56.2 Å². The van der Waals surface area contributed by atoms with Crippen LogP contribution in [0.3, 0.4) is 0 Å². The van der Waals surface area contributed by atoms with Crippen molar-refractivity contribution in [3.05, 3.63) is 89.7 Å². The summed E-state index contributed by atoms with van der Waals surface area (Å²) in [5, 5.41) is 0. The normalized spacial score (nSPS) is 17.9. The fourth-order valence-electron chi connectivity index (χ4n) is 4.24. The SMILES string of the molecule is CC(=O)N(c1ccccc1)[C@@H]1C[C@H](C)N(C(=O)c2ccc(C)nc2)c2ccccc21. The molecule has 2 atom stereocenters. The molecule has 0 saturated heterocycles. The lowest BCUT2D eigenvalue weighted by molar-refractivity contribution is -0.117. The smallest absolute Gasteiger partial charge is 0.260 e. The molecule has 0 bridgehead atoms. The minimum atomic E-state index is -0.142. The van der Waals surface area contributed by atoms with Crippen LogP contribution in [0.15, 0.2) is 72.9 Å². The molecule has 1 aliphatic heterocycles. The van der Waals surface area contributed by atoms with Gasteiger partial charge in [0.25, 0.3) is 5.91 Å². The Morgan fingerprint density at radius 3 is 2.37 bits per heavy atom. The van der Waals surface area contributed by atoms with Crippen molar-refractivity contribution in [2.75, 3.05) is 9.80 Å². The van der Waals surface area contributed by atoms with Gasteiger partial charge in [0, 0.05) is 36.2 Å². The zero-order chi connectivity index (χ0) is 21.3. The zero-order valence-corrected chi connectivity index (χ0v) is 17.4. The number of nitrogens with zero attached hydrogens (tertiary/aromatic N) is 3. The van der Waals surface area contributed by atoms with E-state index in [1.54, 1.807) is 13.1 Å². The highest BCUT2D eigenvalue weighted by molar-refractivity contribution is 6.07. The number of aromatic nitrogens is 1. The van der Waals surface area contributed by atoms with Crippen LogP contribution in [0.2, 0.25) is 0 Å². The maximum atomic E-state index is 13.4. The summed E-state index contributed by atoms with van der Waals surface area (Å²) in [6.45, 7) is 5.53. The van der Waals surface area contributed by atoms with Crippen molar-refractivity contribution in [1.29, 1.82) is 0 Å². The predicted octanol–water partition coefficient (Wildman–Crippen LogP) is 4.92. The van der Waals surface area contributed by atoms with Gasteiger partial charge in [-0.3, -0.25) is 14.6 Å². The fraction of sp³-hybridized carbons (Fsp3) is 0.240. The lowest BCUT2D eigenvalue weighted by Gasteiger charge is -2.43. The van der Waals surface area contributed by atoms with Crippen molar-refractivity contribution in [1.82, 2.24) is 4.98 Å². The number of hydrogen-bond acceptors (Lipinski definition) is 3. The summed E-state index contributed by atoms with van der Waals surface area (Å²) in [7, 11) is 0. The second kappa shape index (κ2) is 8.11. The summed E-state index contributed by atoms with van der Waals surface area (Å²) in [6, 6.07) is 21.0. The number of pyridine rings is 1. The molecule has 0 radical (unpaired) electrons. The molecule has 5 nitrogen and oxygen atoms in total. The van der Waals surface area contributed by atoms with E-state index in [1.165, 1.54) is 0 Å². The zero-order valence-electron chi connectivity index (χ0n) is 17.4. The van der Waals surface area contributed by atoms with Gasteiger partial charge in [-0.2, -0.15) is 0 Å². The van der Waals surface area contributed by atoms with Crippen molar-refractivity contribution in [2.24, 2.45) is 0 Å². The van der Waals surface area contributed by atoms with Crippen LogP contribution >= 0.6 is 0 Å². The molecule has 1 aromatic heterocycles. The average molecular weight is 399 g/mol. The lowest BCUT2D eigenvalue weighted by atomic mass is 9.89. The van der Waals surface area contributed by atoms with Gasteiger partial charge in [0.2, 0.25) is 5.91 Å². The Hall–Kier alpha value is -3.47. The minimum Gasteiger partial charge on any atom is -0.305 e. The first-order valence-electron chi connectivity index (χ1n) is 10.2. The van der Waals surface area contributed by atoms with Crippen LogP contribution in [0.4, 0.5) is 11.4 Å². The molecule has 1 aliphatic rings. The fourth-order valence-corrected chi connectivity index (χ4v) is 4.24. The van der Waals surface area contributed by atoms with E-state index in [4.69, 9.17) is 0 Å². The molecule has 0 spiro atoms. The van der Waals surface area contributed by atoms with Gasteiger partial charge < -0.3 is 9.80 Å². The Bertz CT molecular complexity index is 1060. The first-order valence-corrected chi connectivity index (χ1v) is 10.2. The van der Waals surface area contributed by atoms with Crippen LogP contribution < -0.4 is 9.80 Å². The minimum absolute atomic E-state index is 0.0179. The van der Waals surface area contributed by atoms with E-state index in [2.05, 4.69) is 4.98 Å². The highest BCUT2D eigenvalue weighted by Crippen LogP contribution is 2.42. The molecule has 2 heterocycles. The van der Waals surface area contributed by atoms with Crippen molar-refractivity contribution in [3.8, 4) is 0 Å². The Kier molecular flexibility index (Phi) is 5.36. The number of carbonyl (C=O) groups excluding carboxylic acids is 2. The number of aryl methyl sites for hydroxylation is 1. The van der Waals surface area contributed by atoms with Crippen molar-refractivity contribution < 1.29 is 9.59 Å². The summed E-state index contributed by atoms with van der Waals surface area (Å²) in [5.41, 5.74) is 4.11. The van der Waals surface area contributed by atoms with Gasteiger partial charge in [-0.25, -0.2) is 0 Å². The van der Waals surface area contributed by atoms with E-state index in [-0.39, 0.29) is 23.9 Å². The van der Waals surface area contributed by atoms with E-state index >= 15 is 0 Å². The average Bonchev–Trinajstić information content (AvgIpc) is 2.74. The number of hydrogen-bond donors (Lipinski definition) is 0. The largest absolute Gasteiger partial charge is 0.305 e. The van der Waals surface area contributed by atoms with Crippen LogP contribution in [0.25, 0.3) is 0 Å². The number of amides is 2. The van der Waals surface area contributed by atoms with Crippen LogP contribution in [0.5, 0.6) is 0 Å². The van der Waals surface area contributed by atoms with Gasteiger partial charge >= 0.3 is 0 Å². The number of para-hydroxylation sites is 2. The summed E-state index contributed by atoms with van der Waals surface area (Å²) in [6.07, 6.45) is 2.28. The molecule has 0 saturated carbocycles. The molecule has 2 amide bonds. The second-order valence-electron chi connectivity index (χ2n) is 7.75. The van der Waals surface area contributed by atoms with Crippen LogP contribution in [-0.4, -0.2) is 22.8 Å². The van der Waals surface area contributed by atoms with Crippen LogP contribution in [-0.2, 0) is 4.79 Å². The summed E-state index contributed by atoms with van der Waals surface area (Å²) in [5.74, 6) is -0.0919. The van der Waals surface area contributed by atoms with Gasteiger partial charge in [0.15, 0.2) is 0 Å². The van der Waals surface area contributed by atoms with Gasteiger partial charge in [-0.1, -0.05) is 36.4 Å². The molecule has 4 rings (SSSR count). The third-order valence-electron chi connectivity index (χ3n) is 5.62. The first-order chi connectivity index (χ1) is 14.5. The number of benzene rings is 2. The summed E-state index contributed by atoms with van der Waals surface area (Å²) in [4.78, 5) is 34.0. The molecule has 0 unspecified atom stereocenters. The first kappa shape index (κ1) is 19.8. The van der Waals surface area contributed by atoms with Crippen molar-refractivity contribution >= 4 is 23.2 Å². The number of fused-ring (bicyclic) bond motifs is 1. The Balaban J connectivity index is 1.77. The molecule has 0 aliphatic carbocycles. The highest BCUT2D eigenvalue weighted by Gasteiger charge is 2.38. The Morgan fingerprint density at radius 1 is 1.00 bits per heavy atom. The molecule has 152 valence electrons. The number of carbonyl (C=O) groups is 2. The molecular formula is C25H25N3O2. The monoisotopic (exact) mass is 399 g/mol. The molecule has 5 heteroatoms. The van der Waals surface area contributed by atoms with E-state index < -0.39 is 0 Å². The highest BCUT2D eigenvalue weighted by atomic mass is 16.2. The van der Waals surface area contributed by atoms with E-state index in [0.717, 1.165) is 22.6 Å². The molecule has 3 aromatic rings.